The molecule has 2 aromatic carbocycles. The highest BCUT2D eigenvalue weighted by molar-refractivity contribution is 9.13. The number of ether oxygens (including phenoxy) is 1. The topological polar surface area (TPSA) is 21.3 Å². The van der Waals surface area contributed by atoms with Gasteiger partial charge in [0, 0.05) is 27.1 Å². The number of aryl methyl sites for hydroxylation is 1. The molecule has 0 aliphatic carbocycles. The molecule has 4 heteroatoms. The van der Waals surface area contributed by atoms with E-state index in [0.717, 1.165) is 21.2 Å². The number of methoxy groups -OCH3 is 1. The fourth-order valence-corrected chi connectivity index (χ4v) is 2.90. The van der Waals surface area contributed by atoms with Crippen molar-refractivity contribution < 1.29 is 4.74 Å². The van der Waals surface area contributed by atoms with Gasteiger partial charge < -0.3 is 10.1 Å². The molecule has 0 aliphatic heterocycles. The molecule has 0 bridgehead atoms. The van der Waals surface area contributed by atoms with Crippen molar-refractivity contribution in [3.8, 4) is 5.75 Å². The maximum Gasteiger partial charge on any atom is 0.123 e. The maximum atomic E-state index is 5.45. The highest BCUT2D eigenvalue weighted by Gasteiger charge is 2.11. The molecule has 0 aromatic heterocycles. The second-order valence-electron chi connectivity index (χ2n) is 5.10. The van der Waals surface area contributed by atoms with Crippen molar-refractivity contribution in [3.05, 3.63) is 62.0 Å². The van der Waals surface area contributed by atoms with Crippen LogP contribution in [0.4, 0.5) is 0 Å². The monoisotopic (exact) mass is 411 g/mol. The average molecular weight is 413 g/mol. The van der Waals surface area contributed by atoms with E-state index in [1.54, 1.807) is 7.11 Å². The summed E-state index contributed by atoms with van der Waals surface area (Å²) in [6, 6.07) is 12.8. The minimum Gasteiger partial charge on any atom is -0.496 e. The average Bonchev–Trinajstić information content (AvgIpc) is 2.48. The first-order valence-electron chi connectivity index (χ1n) is 6.83. The fourth-order valence-electron chi connectivity index (χ4n) is 2.22. The van der Waals surface area contributed by atoms with E-state index in [1.165, 1.54) is 16.7 Å². The van der Waals surface area contributed by atoms with Crippen LogP contribution in [0.3, 0.4) is 0 Å². The fraction of sp³-hybridized carbons (Fsp3) is 0.294. The largest absolute Gasteiger partial charge is 0.496 e. The Kier molecular flexibility index (Phi) is 5.85. The predicted octanol–water partition coefficient (Wildman–Crippen LogP) is 5.38. The number of rotatable bonds is 5. The molecule has 0 amide bonds. The van der Waals surface area contributed by atoms with E-state index in [9.17, 15) is 0 Å². The van der Waals surface area contributed by atoms with Gasteiger partial charge in [-0.05, 0) is 69.5 Å². The van der Waals surface area contributed by atoms with Crippen LogP contribution in [-0.2, 0) is 6.54 Å². The van der Waals surface area contributed by atoms with Crippen molar-refractivity contribution in [2.75, 3.05) is 7.11 Å². The highest BCUT2D eigenvalue weighted by Crippen LogP contribution is 2.27. The lowest BCUT2D eigenvalue weighted by Crippen LogP contribution is -2.18. The van der Waals surface area contributed by atoms with E-state index in [2.05, 4.69) is 81.4 Å². The predicted molar refractivity (Wildman–Crippen MR) is 94.8 cm³/mol. The normalized spacial score (nSPS) is 12.2. The quantitative estimate of drug-likeness (QED) is 0.711. The summed E-state index contributed by atoms with van der Waals surface area (Å²) in [4.78, 5) is 0. The lowest BCUT2D eigenvalue weighted by Gasteiger charge is -2.18. The Morgan fingerprint density at radius 1 is 1.10 bits per heavy atom. The van der Waals surface area contributed by atoms with Crippen LogP contribution in [0.1, 0.15) is 29.7 Å². The number of halogens is 2. The van der Waals surface area contributed by atoms with Crippen molar-refractivity contribution in [1.82, 2.24) is 5.32 Å². The molecule has 1 atom stereocenters. The minimum atomic E-state index is 0.224. The molecule has 0 aliphatic rings. The van der Waals surface area contributed by atoms with Crippen LogP contribution in [-0.4, -0.2) is 7.11 Å². The van der Waals surface area contributed by atoms with Gasteiger partial charge in [-0.3, -0.25) is 0 Å². The Labute approximate surface area is 143 Å². The molecular weight excluding hydrogens is 394 g/mol. The summed E-state index contributed by atoms with van der Waals surface area (Å²) in [7, 11) is 1.72. The van der Waals surface area contributed by atoms with Crippen LogP contribution in [0.15, 0.2) is 45.3 Å². The number of nitrogens with one attached hydrogen (secondary N) is 1. The third-order valence-corrected chi connectivity index (χ3v) is 5.33. The first-order chi connectivity index (χ1) is 10.0. The van der Waals surface area contributed by atoms with Crippen LogP contribution in [0, 0.1) is 6.92 Å². The van der Waals surface area contributed by atoms with Gasteiger partial charge in [-0.15, -0.1) is 0 Å². The molecule has 0 radical (unpaired) electrons. The van der Waals surface area contributed by atoms with Gasteiger partial charge in [0.2, 0.25) is 0 Å². The second-order valence-corrected chi connectivity index (χ2v) is 6.81. The van der Waals surface area contributed by atoms with Crippen LogP contribution >= 0.6 is 31.9 Å². The third kappa shape index (κ3) is 4.31. The lowest BCUT2D eigenvalue weighted by atomic mass is 10.0. The highest BCUT2D eigenvalue weighted by atomic mass is 79.9. The Morgan fingerprint density at radius 3 is 2.52 bits per heavy atom. The summed E-state index contributed by atoms with van der Waals surface area (Å²) in [5.74, 6) is 0.928. The molecule has 0 fully saturated rings. The molecule has 0 saturated heterocycles. The Hall–Kier alpha value is -0.840. The van der Waals surface area contributed by atoms with Crippen molar-refractivity contribution in [1.29, 1.82) is 0 Å². The molecule has 2 nitrogen and oxygen atoms in total. The SMILES string of the molecule is COc1ccc(C)cc1C(C)NCc1ccc(Br)c(Br)c1. The van der Waals surface area contributed by atoms with E-state index in [1.807, 2.05) is 6.07 Å². The maximum absolute atomic E-state index is 5.45. The van der Waals surface area contributed by atoms with Gasteiger partial charge in [0.1, 0.15) is 5.75 Å². The van der Waals surface area contributed by atoms with Gasteiger partial charge in [0.25, 0.3) is 0 Å². The van der Waals surface area contributed by atoms with Crippen molar-refractivity contribution in [3.63, 3.8) is 0 Å². The Balaban J connectivity index is 2.09. The van der Waals surface area contributed by atoms with Crippen LogP contribution < -0.4 is 10.1 Å². The summed E-state index contributed by atoms with van der Waals surface area (Å²) in [6.07, 6.45) is 0. The van der Waals surface area contributed by atoms with E-state index >= 15 is 0 Å². The van der Waals surface area contributed by atoms with Crippen LogP contribution in [0.25, 0.3) is 0 Å². The van der Waals surface area contributed by atoms with Gasteiger partial charge in [-0.1, -0.05) is 23.8 Å². The summed E-state index contributed by atoms with van der Waals surface area (Å²) >= 11 is 7.02. The molecule has 2 aromatic rings. The van der Waals surface area contributed by atoms with Gasteiger partial charge in [0.05, 0.1) is 7.11 Å². The smallest absolute Gasteiger partial charge is 0.123 e. The Morgan fingerprint density at radius 2 is 1.86 bits per heavy atom. The molecule has 2 rings (SSSR count). The standard InChI is InChI=1S/C17H19Br2NO/c1-11-4-7-17(21-3)14(8-11)12(2)20-10-13-5-6-15(18)16(19)9-13/h4-9,12,20H,10H2,1-3H3. The molecule has 0 spiro atoms. The summed E-state index contributed by atoms with van der Waals surface area (Å²) in [5, 5.41) is 3.55. The molecular formula is C17H19Br2NO. The number of benzene rings is 2. The molecule has 0 heterocycles. The van der Waals surface area contributed by atoms with E-state index in [-0.39, 0.29) is 6.04 Å². The second kappa shape index (κ2) is 7.43. The van der Waals surface area contributed by atoms with E-state index < -0.39 is 0 Å². The zero-order chi connectivity index (χ0) is 15.4. The third-order valence-electron chi connectivity index (χ3n) is 3.45. The van der Waals surface area contributed by atoms with Crippen molar-refractivity contribution >= 4 is 31.9 Å². The minimum absolute atomic E-state index is 0.224. The summed E-state index contributed by atoms with van der Waals surface area (Å²) < 4.78 is 7.60. The van der Waals surface area contributed by atoms with Gasteiger partial charge >= 0.3 is 0 Å². The van der Waals surface area contributed by atoms with Crippen molar-refractivity contribution in [2.45, 2.75) is 26.4 Å². The zero-order valence-electron chi connectivity index (χ0n) is 12.4. The molecule has 0 saturated carbocycles. The van der Waals surface area contributed by atoms with Gasteiger partial charge in [0.15, 0.2) is 0 Å². The van der Waals surface area contributed by atoms with Crippen molar-refractivity contribution in [2.24, 2.45) is 0 Å². The molecule has 112 valence electrons. The first kappa shape index (κ1) is 16.5. The molecule has 1 N–H and O–H groups in total. The van der Waals surface area contributed by atoms with Gasteiger partial charge in [-0.25, -0.2) is 0 Å². The van der Waals surface area contributed by atoms with Crippen LogP contribution in [0.2, 0.25) is 0 Å². The lowest BCUT2D eigenvalue weighted by molar-refractivity contribution is 0.401. The number of hydrogen-bond donors (Lipinski definition) is 1. The summed E-state index contributed by atoms with van der Waals surface area (Å²) in [6.45, 7) is 5.07. The van der Waals surface area contributed by atoms with E-state index in [0.29, 0.717) is 0 Å². The van der Waals surface area contributed by atoms with Crippen LogP contribution in [0.5, 0.6) is 5.75 Å². The number of hydrogen-bond acceptors (Lipinski definition) is 2. The zero-order valence-corrected chi connectivity index (χ0v) is 15.6. The molecule has 21 heavy (non-hydrogen) atoms. The first-order valence-corrected chi connectivity index (χ1v) is 8.41. The molecule has 1 unspecified atom stereocenters. The Bertz CT molecular complexity index is 628. The summed E-state index contributed by atoms with van der Waals surface area (Å²) in [5.41, 5.74) is 3.67. The van der Waals surface area contributed by atoms with E-state index in [4.69, 9.17) is 4.74 Å². The van der Waals surface area contributed by atoms with Gasteiger partial charge in [-0.2, -0.15) is 0 Å².